The van der Waals surface area contributed by atoms with Crippen molar-refractivity contribution in [2.75, 3.05) is 0 Å². The number of aryl methyl sites for hydroxylation is 1. The Morgan fingerprint density at radius 3 is 2.92 bits per heavy atom. The van der Waals surface area contributed by atoms with Crippen LogP contribution in [0, 0.1) is 6.92 Å². The first-order valence-electron chi connectivity index (χ1n) is 5.13. The predicted octanol–water partition coefficient (Wildman–Crippen LogP) is 2.35. The number of hydrogen-bond acceptors (Lipinski definition) is 1. The molecule has 1 saturated carbocycles. The summed E-state index contributed by atoms with van der Waals surface area (Å²) < 4.78 is 0. The van der Waals surface area contributed by atoms with Crippen LogP contribution in [0.4, 0.5) is 0 Å². The fourth-order valence-electron chi connectivity index (χ4n) is 2.85. The summed E-state index contributed by atoms with van der Waals surface area (Å²) in [5.74, 6) is 0. The summed E-state index contributed by atoms with van der Waals surface area (Å²) in [4.78, 5) is 0. The van der Waals surface area contributed by atoms with Crippen LogP contribution in [0.5, 0.6) is 0 Å². The molecule has 2 aliphatic heterocycles. The summed E-state index contributed by atoms with van der Waals surface area (Å²) in [6.07, 6.45) is 4.06. The summed E-state index contributed by atoms with van der Waals surface area (Å²) in [5.41, 5.74) is 3.25. The van der Waals surface area contributed by atoms with Crippen LogP contribution in [0.3, 0.4) is 0 Å². The first-order chi connectivity index (χ1) is 6.28. The lowest BCUT2D eigenvalue weighted by Gasteiger charge is -2.41. The van der Waals surface area contributed by atoms with E-state index in [2.05, 4.69) is 36.5 Å². The Balaban J connectivity index is 2.00. The number of nitrogens with one attached hydrogen (secondary N) is 1. The van der Waals surface area contributed by atoms with Crippen LogP contribution in [-0.4, -0.2) is 6.04 Å². The smallest absolute Gasteiger partial charge is 0.0452 e. The van der Waals surface area contributed by atoms with Gasteiger partial charge in [0, 0.05) is 11.6 Å². The van der Waals surface area contributed by atoms with E-state index in [1.165, 1.54) is 30.4 Å². The van der Waals surface area contributed by atoms with Gasteiger partial charge in [-0.25, -0.2) is 0 Å². The third-order valence-electron chi connectivity index (χ3n) is 3.57. The molecule has 1 N–H and O–H groups in total. The molecule has 13 heavy (non-hydrogen) atoms. The fraction of sp³-hybridized carbons (Fsp3) is 0.500. The Morgan fingerprint density at radius 2 is 2.31 bits per heavy atom. The minimum Gasteiger partial charge on any atom is -0.304 e. The molecular weight excluding hydrogens is 158 g/mol. The summed E-state index contributed by atoms with van der Waals surface area (Å²) in [6, 6.07) is 9.76. The van der Waals surface area contributed by atoms with Gasteiger partial charge in [-0.2, -0.15) is 0 Å². The average Bonchev–Trinajstić information content (AvgIpc) is 2.61. The Labute approximate surface area is 79.2 Å². The van der Waals surface area contributed by atoms with Gasteiger partial charge in [-0.15, -0.1) is 0 Å². The minimum absolute atomic E-state index is 0.372. The van der Waals surface area contributed by atoms with E-state index < -0.39 is 0 Å². The normalized spacial score (nSPS) is 35.9. The second kappa shape index (κ2) is 2.36. The Kier molecular flexibility index (Phi) is 1.37. The average molecular weight is 173 g/mol. The van der Waals surface area contributed by atoms with Gasteiger partial charge in [0.2, 0.25) is 0 Å². The van der Waals surface area contributed by atoms with Crippen LogP contribution in [-0.2, 0) is 5.54 Å². The summed E-state index contributed by atoms with van der Waals surface area (Å²) in [7, 11) is 0. The first-order valence-corrected chi connectivity index (χ1v) is 5.13. The van der Waals surface area contributed by atoms with Crippen LogP contribution in [0.1, 0.15) is 30.4 Å². The molecule has 3 aliphatic rings. The Morgan fingerprint density at radius 1 is 1.46 bits per heavy atom. The van der Waals surface area contributed by atoms with Crippen LogP contribution in [0.15, 0.2) is 24.3 Å². The monoisotopic (exact) mass is 173 g/mol. The van der Waals surface area contributed by atoms with Gasteiger partial charge in [0.25, 0.3) is 0 Å². The van der Waals surface area contributed by atoms with E-state index >= 15 is 0 Å². The zero-order valence-electron chi connectivity index (χ0n) is 8.01. The van der Waals surface area contributed by atoms with Crippen molar-refractivity contribution in [1.82, 2.24) is 5.32 Å². The van der Waals surface area contributed by atoms with E-state index in [4.69, 9.17) is 0 Å². The Bertz CT molecular complexity index is 331. The van der Waals surface area contributed by atoms with Gasteiger partial charge >= 0.3 is 0 Å². The molecule has 3 fully saturated rings. The standard InChI is InChI=1S/C12H15N/c1-9-3-2-4-10(7-9)12-6-5-11(8-12)13-12/h2-4,7,11,13H,5-6,8H2,1H3. The predicted molar refractivity (Wildman–Crippen MR) is 53.6 cm³/mol. The van der Waals surface area contributed by atoms with Crippen molar-refractivity contribution in [3.05, 3.63) is 35.4 Å². The van der Waals surface area contributed by atoms with Crippen LogP contribution < -0.4 is 5.32 Å². The molecule has 0 amide bonds. The third-order valence-corrected chi connectivity index (χ3v) is 3.57. The highest BCUT2D eigenvalue weighted by Gasteiger charge is 2.50. The van der Waals surface area contributed by atoms with Crippen molar-refractivity contribution >= 4 is 0 Å². The molecule has 2 atom stereocenters. The first kappa shape index (κ1) is 7.57. The Hall–Kier alpha value is -0.820. The van der Waals surface area contributed by atoms with Crippen LogP contribution in [0.25, 0.3) is 0 Å². The maximum atomic E-state index is 3.67. The molecule has 0 spiro atoms. The van der Waals surface area contributed by atoms with Crippen LogP contribution in [0.2, 0.25) is 0 Å². The van der Waals surface area contributed by atoms with Gasteiger partial charge in [0.1, 0.15) is 0 Å². The second-order valence-corrected chi connectivity index (χ2v) is 4.54. The lowest BCUT2D eigenvalue weighted by atomic mass is 9.82. The second-order valence-electron chi connectivity index (χ2n) is 4.54. The van der Waals surface area contributed by atoms with Crippen molar-refractivity contribution in [3.63, 3.8) is 0 Å². The molecule has 1 nitrogen and oxygen atoms in total. The number of fused-ring (bicyclic) bond motifs is 1. The molecule has 4 rings (SSSR count). The molecule has 2 saturated heterocycles. The molecule has 2 unspecified atom stereocenters. The third kappa shape index (κ3) is 0.969. The molecule has 1 heteroatoms. The molecular formula is C12H15N. The maximum absolute atomic E-state index is 3.67. The van der Waals surface area contributed by atoms with Gasteiger partial charge < -0.3 is 5.32 Å². The lowest BCUT2D eigenvalue weighted by molar-refractivity contribution is 0.225. The number of hydrogen-bond donors (Lipinski definition) is 1. The molecule has 0 aromatic heterocycles. The summed E-state index contributed by atoms with van der Waals surface area (Å²) >= 11 is 0. The van der Waals surface area contributed by atoms with Crippen LogP contribution >= 0.6 is 0 Å². The SMILES string of the molecule is Cc1cccc(C23CCC(C2)N3)c1. The zero-order chi connectivity index (χ0) is 8.89. The highest BCUT2D eigenvalue weighted by molar-refractivity contribution is 5.34. The van der Waals surface area contributed by atoms with E-state index in [0.717, 1.165) is 6.04 Å². The van der Waals surface area contributed by atoms with Crippen molar-refractivity contribution < 1.29 is 0 Å². The lowest BCUT2D eigenvalue weighted by Crippen LogP contribution is -2.53. The van der Waals surface area contributed by atoms with E-state index in [1.807, 2.05) is 0 Å². The molecule has 0 radical (unpaired) electrons. The molecule has 1 aromatic carbocycles. The van der Waals surface area contributed by atoms with Crippen molar-refractivity contribution in [2.24, 2.45) is 0 Å². The molecule has 1 aliphatic carbocycles. The number of rotatable bonds is 1. The molecule has 68 valence electrons. The minimum atomic E-state index is 0.372. The topological polar surface area (TPSA) is 12.0 Å². The van der Waals surface area contributed by atoms with Gasteiger partial charge in [-0.1, -0.05) is 29.8 Å². The van der Waals surface area contributed by atoms with Crippen molar-refractivity contribution in [3.8, 4) is 0 Å². The highest BCUT2D eigenvalue weighted by Crippen LogP contribution is 2.47. The quantitative estimate of drug-likeness (QED) is 0.687. The largest absolute Gasteiger partial charge is 0.304 e. The van der Waals surface area contributed by atoms with Crippen molar-refractivity contribution in [1.29, 1.82) is 0 Å². The van der Waals surface area contributed by atoms with Crippen molar-refractivity contribution in [2.45, 2.75) is 37.8 Å². The van der Waals surface area contributed by atoms with E-state index in [0.29, 0.717) is 5.54 Å². The fourth-order valence-corrected chi connectivity index (χ4v) is 2.85. The van der Waals surface area contributed by atoms with E-state index in [1.54, 1.807) is 0 Å². The number of benzene rings is 1. The molecule has 2 heterocycles. The summed E-state index contributed by atoms with van der Waals surface area (Å²) in [5, 5.41) is 3.67. The summed E-state index contributed by atoms with van der Waals surface area (Å²) in [6.45, 7) is 2.17. The van der Waals surface area contributed by atoms with E-state index in [-0.39, 0.29) is 0 Å². The highest BCUT2D eigenvalue weighted by atomic mass is 15.1. The molecule has 1 aromatic rings. The van der Waals surface area contributed by atoms with Gasteiger partial charge in [-0.05, 0) is 31.7 Å². The zero-order valence-corrected chi connectivity index (χ0v) is 8.01. The maximum Gasteiger partial charge on any atom is 0.0452 e. The molecule has 2 bridgehead atoms. The van der Waals surface area contributed by atoms with E-state index in [9.17, 15) is 0 Å². The van der Waals surface area contributed by atoms with Gasteiger partial charge in [0.15, 0.2) is 0 Å². The van der Waals surface area contributed by atoms with Gasteiger partial charge in [-0.3, -0.25) is 0 Å². The van der Waals surface area contributed by atoms with Gasteiger partial charge in [0.05, 0.1) is 0 Å².